The second-order valence-corrected chi connectivity index (χ2v) is 7.17. The van der Waals surface area contributed by atoms with E-state index in [0.717, 1.165) is 5.56 Å². The van der Waals surface area contributed by atoms with Crippen LogP contribution in [0.25, 0.3) is 0 Å². The number of nitrogens with two attached hydrogens (primary N) is 1. The van der Waals surface area contributed by atoms with Gasteiger partial charge in [0.2, 0.25) is 10.0 Å². The SMILES string of the molecule is COc1ccccc1OCCNCCc1ccc(C)c(S(N)(=O)=O)c1.Cl. The van der Waals surface area contributed by atoms with E-state index in [1.54, 1.807) is 26.2 Å². The zero-order chi connectivity index (χ0) is 18.3. The molecule has 0 aliphatic heterocycles. The molecular weight excluding hydrogens is 376 g/mol. The van der Waals surface area contributed by atoms with E-state index in [-0.39, 0.29) is 17.3 Å². The second-order valence-electron chi connectivity index (χ2n) is 5.64. The van der Waals surface area contributed by atoms with Crippen LogP contribution in [0, 0.1) is 6.92 Å². The van der Waals surface area contributed by atoms with Crippen molar-refractivity contribution in [2.75, 3.05) is 26.8 Å². The van der Waals surface area contributed by atoms with E-state index in [0.29, 0.717) is 43.2 Å². The minimum absolute atomic E-state index is 0. The van der Waals surface area contributed by atoms with Crippen molar-refractivity contribution in [1.82, 2.24) is 5.32 Å². The maximum atomic E-state index is 11.5. The number of ether oxygens (including phenoxy) is 2. The summed E-state index contributed by atoms with van der Waals surface area (Å²) < 4.78 is 34.0. The number of nitrogens with one attached hydrogen (secondary N) is 1. The third kappa shape index (κ3) is 6.49. The van der Waals surface area contributed by atoms with Gasteiger partial charge in [0.25, 0.3) is 0 Å². The monoisotopic (exact) mass is 400 g/mol. The first-order valence-corrected chi connectivity index (χ1v) is 9.55. The van der Waals surface area contributed by atoms with Crippen molar-refractivity contribution < 1.29 is 17.9 Å². The molecule has 6 nitrogen and oxygen atoms in total. The summed E-state index contributed by atoms with van der Waals surface area (Å²) in [4.78, 5) is 0.185. The molecule has 0 bridgehead atoms. The molecule has 2 rings (SSSR count). The summed E-state index contributed by atoms with van der Waals surface area (Å²) in [6.45, 7) is 3.63. The Kier molecular flexibility index (Phi) is 8.87. The van der Waals surface area contributed by atoms with Crippen molar-refractivity contribution in [2.24, 2.45) is 5.14 Å². The summed E-state index contributed by atoms with van der Waals surface area (Å²) in [5, 5.41) is 8.50. The third-order valence-corrected chi connectivity index (χ3v) is 4.81. The topological polar surface area (TPSA) is 90.7 Å². The smallest absolute Gasteiger partial charge is 0.238 e. The minimum atomic E-state index is -3.68. The number of hydrogen-bond acceptors (Lipinski definition) is 5. The molecule has 0 atom stereocenters. The quantitative estimate of drug-likeness (QED) is 0.630. The van der Waals surface area contributed by atoms with Gasteiger partial charge in [0.05, 0.1) is 12.0 Å². The van der Waals surface area contributed by atoms with Gasteiger partial charge < -0.3 is 14.8 Å². The number of para-hydroxylation sites is 2. The van der Waals surface area contributed by atoms with Crippen LogP contribution < -0.4 is 19.9 Å². The van der Waals surface area contributed by atoms with Crippen LogP contribution in [0.1, 0.15) is 11.1 Å². The molecule has 26 heavy (non-hydrogen) atoms. The molecule has 0 heterocycles. The molecule has 0 spiro atoms. The van der Waals surface area contributed by atoms with Gasteiger partial charge in [-0.1, -0.05) is 24.3 Å². The van der Waals surface area contributed by atoms with Crippen molar-refractivity contribution in [3.63, 3.8) is 0 Å². The predicted molar refractivity (Wildman–Crippen MR) is 105 cm³/mol. The lowest BCUT2D eigenvalue weighted by Crippen LogP contribution is -2.23. The highest BCUT2D eigenvalue weighted by Gasteiger charge is 2.11. The van der Waals surface area contributed by atoms with Crippen molar-refractivity contribution in [2.45, 2.75) is 18.2 Å². The molecule has 0 unspecified atom stereocenters. The fourth-order valence-corrected chi connectivity index (χ4v) is 3.27. The Hall–Kier alpha value is -1.80. The summed E-state index contributed by atoms with van der Waals surface area (Å²) >= 11 is 0. The predicted octanol–water partition coefficient (Wildman–Crippen LogP) is 2.28. The van der Waals surface area contributed by atoms with Crippen LogP contribution in [-0.4, -0.2) is 35.2 Å². The highest BCUT2D eigenvalue weighted by molar-refractivity contribution is 7.89. The molecule has 0 fully saturated rings. The molecule has 0 saturated heterocycles. The number of sulfonamides is 1. The highest BCUT2D eigenvalue weighted by atomic mass is 35.5. The van der Waals surface area contributed by atoms with Crippen molar-refractivity contribution in [1.29, 1.82) is 0 Å². The number of primary sulfonamides is 1. The number of hydrogen-bond donors (Lipinski definition) is 2. The largest absolute Gasteiger partial charge is 0.493 e. The Morgan fingerprint density at radius 2 is 1.77 bits per heavy atom. The molecular formula is C18H25ClN2O4S. The Labute approximate surface area is 161 Å². The lowest BCUT2D eigenvalue weighted by molar-refractivity contribution is 0.292. The first-order chi connectivity index (χ1) is 11.9. The highest BCUT2D eigenvalue weighted by Crippen LogP contribution is 2.25. The zero-order valence-corrected chi connectivity index (χ0v) is 16.5. The first kappa shape index (κ1) is 22.2. The average Bonchev–Trinajstić information content (AvgIpc) is 2.58. The van der Waals surface area contributed by atoms with E-state index in [1.165, 1.54) is 0 Å². The Morgan fingerprint density at radius 3 is 2.42 bits per heavy atom. The Morgan fingerprint density at radius 1 is 1.08 bits per heavy atom. The molecule has 2 aromatic carbocycles. The molecule has 0 aliphatic carbocycles. The van der Waals surface area contributed by atoms with Gasteiger partial charge in [-0.3, -0.25) is 0 Å². The van der Waals surface area contributed by atoms with E-state index in [2.05, 4.69) is 5.32 Å². The Bertz CT molecular complexity index is 813. The number of benzene rings is 2. The summed E-state index contributed by atoms with van der Waals surface area (Å²) in [5.74, 6) is 1.42. The number of halogens is 1. The maximum Gasteiger partial charge on any atom is 0.238 e. The van der Waals surface area contributed by atoms with E-state index < -0.39 is 10.0 Å². The van der Waals surface area contributed by atoms with Gasteiger partial charge in [-0.05, 0) is 49.2 Å². The van der Waals surface area contributed by atoms with Crippen molar-refractivity contribution in [3.8, 4) is 11.5 Å². The molecule has 0 aromatic heterocycles. The third-order valence-electron chi connectivity index (χ3n) is 3.76. The normalized spacial score (nSPS) is 10.9. The van der Waals surface area contributed by atoms with Crippen LogP contribution in [-0.2, 0) is 16.4 Å². The van der Waals surface area contributed by atoms with Gasteiger partial charge in [0.15, 0.2) is 11.5 Å². The molecule has 0 aliphatic rings. The molecule has 2 aromatic rings. The van der Waals surface area contributed by atoms with Gasteiger partial charge >= 0.3 is 0 Å². The first-order valence-electron chi connectivity index (χ1n) is 8.00. The fraction of sp³-hybridized carbons (Fsp3) is 0.333. The zero-order valence-electron chi connectivity index (χ0n) is 14.9. The molecule has 3 N–H and O–H groups in total. The van der Waals surface area contributed by atoms with Crippen LogP contribution in [0.4, 0.5) is 0 Å². The van der Waals surface area contributed by atoms with Gasteiger partial charge in [-0.25, -0.2) is 13.6 Å². The van der Waals surface area contributed by atoms with Gasteiger partial charge in [0.1, 0.15) is 6.61 Å². The number of rotatable bonds is 9. The van der Waals surface area contributed by atoms with E-state index >= 15 is 0 Å². The van der Waals surface area contributed by atoms with Crippen LogP contribution in [0.3, 0.4) is 0 Å². The Balaban J connectivity index is 0.00000338. The van der Waals surface area contributed by atoms with E-state index in [9.17, 15) is 8.42 Å². The van der Waals surface area contributed by atoms with Gasteiger partial charge in [-0.2, -0.15) is 0 Å². The maximum absolute atomic E-state index is 11.5. The molecule has 0 saturated carbocycles. The van der Waals surface area contributed by atoms with Crippen molar-refractivity contribution >= 4 is 22.4 Å². The number of methoxy groups -OCH3 is 1. The van der Waals surface area contributed by atoms with Crippen LogP contribution in [0.2, 0.25) is 0 Å². The minimum Gasteiger partial charge on any atom is -0.493 e. The van der Waals surface area contributed by atoms with Crippen LogP contribution in [0.15, 0.2) is 47.4 Å². The summed E-state index contributed by atoms with van der Waals surface area (Å²) in [6, 6.07) is 12.8. The lowest BCUT2D eigenvalue weighted by Gasteiger charge is -2.11. The molecule has 0 radical (unpaired) electrons. The van der Waals surface area contributed by atoms with Gasteiger partial charge in [-0.15, -0.1) is 12.4 Å². The van der Waals surface area contributed by atoms with Crippen LogP contribution in [0.5, 0.6) is 11.5 Å². The summed E-state index contributed by atoms with van der Waals surface area (Å²) in [5.41, 5.74) is 1.58. The summed E-state index contributed by atoms with van der Waals surface area (Å²) in [7, 11) is -2.08. The van der Waals surface area contributed by atoms with Crippen molar-refractivity contribution in [3.05, 3.63) is 53.6 Å². The van der Waals surface area contributed by atoms with Gasteiger partial charge in [0, 0.05) is 6.54 Å². The lowest BCUT2D eigenvalue weighted by atomic mass is 10.1. The number of aryl methyl sites for hydroxylation is 1. The fourth-order valence-electron chi connectivity index (χ4n) is 2.44. The average molecular weight is 401 g/mol. The molecule has 8 heteroatoms. The van der Waals surface area contributed by atoms with Crippen LogP contribution >= 0.6 is 12.4 Å². The van der Waals surface area contributed by atoms with E-state index in [1.807, 2.05) is 30.3 Å². The second kappa shape index (κ2) is 10.4. The summed E-state index contributed by atoms with van der Waals surface area (Å²) in [6.07, 6.45) is 0.706. The molecule has 0 amide bonds. The van der Waals surface area contributed by atoms with E-state index in [4.69, 9.17) is 14.6 Å². The standard InChI is InChI=1S/C18H24N2O4S.ClH/c1-14-7-8-15(13-18(14)25(19,21)22)9-10-20-11-12-24-17-6-4-3-5-16(17)23-2;/h3-8,13,20H,9-12H2,1-2H3,(H2,19,21,22);1H. The molecule has 144 valence electrons.